The summed E-state index contributed by atoms with van der Waals surface area (Å²) in [6, 6.07) is 27.1. The lowest BCUT2D eigenvalue weighted by atomic mass is 9.85. The van der Waals surface area contributed by atoms with Crippen LogP contribution in [0, 0.1) is 20.2 Å². The van der Waals surface area contributed by atoms with Gasteiger partial charge in [-0.1, -0.05) is 72.8 Å². The Morgan fingerprint density at radius 1 is 0.700 bits per heavy atom. The average molecular weight is 533 g/mol. The van der Waals surface area contributed by atoms with Gasteiger partial charge in [0.05, 0.1) is 15.4 Å². The number of benzene rings is 3. The summed E-state index contributed by atoms with van der Waals surface area (Å²) >= 11 is 0. The predicted octanol–water partition coefficient (Wildman–Crippen LogP) is 4.68. The van der Waals surface area contributed by atoms with Gasteiger partial charge in [-0.25, -0.2) is 9.97 Å². The molecule has 196 valence electrons. The van der Waals surface area contributed by atoms with Crippen molar-refractivity contribution in [1.82, 2.24) is 9.97 Å². The summed E-state index contributed by atoms with van der Waals surface area (Å²) < 4.78 is 13.1. The third-order valence-corrected chi connectivity index (χ3v) is 6.66. The topological polar surface area (TPSA) is 131 Å². The fourth-order valence-corrected chi connectivity index (χ4v) is 4.87. The standard InChI is InChI=1S/C30H20N4O6/c35-33(36)22-12-14-27(31-18-22)39-30(40-28-15-13-23(19-32-28)34(37)38)17-16-21-7-2-4-10-25(21)29(30)26-11-5-8-20-6-1-3-9-24(20)26/h1-16,18-19H,17H2. The van der Waals surface area contributed by atoms with E-state index in [1.807, 2.05) is 72.8 Å². The molecule has 2 aromatic heterocycles. The van der Waals surface area contributed by atoms with Crippen molar-refractivity contribution in [3.8, 4) is 11.8 Å². The molecule has 3 aromatic carbocycles. The third kappa shape index (κ3) is 4.47. The SMILES string of the molecule is O=[N+]([O-])c1ccc(OC2(Oc3ccc([N+](=O)[O-])cn3)CC=c3ccccc3=C2c2cccc3ccccc23)nc1. The van der Waals surface area contributed by atoms with Gasteiger partial charge in [0.15, 0.2) is 0 Å². The van der Waals surface area contributed by atoms with E-state index >= 15 is 0 Å². The Labute approximate surface area is 226 Å². The summed E-state index contributed by atoms with van der Waals surface area (Å²) in [5.74, 6) is -1.35. The molecular formula is C30H20N4O6. The molecular weight excluding hydrogens is 512 g/mol. The second-order valence-corrected chi connectivity index (χ2v) is 9.08. The molecule has 0 aliphatic heterocycles. The maximum Gasteiger partial charge on any atom is 0.287 e. The maximum absolute atomic E-state index is 11.2. The van der Waals surface area contributed by atoms with Crippen LogP contribution < -0.4 is 19.9 Å². The number of hydrogen-bond donors (Lipinski definition) is 0. The summed E-state index contributed by atoms with van der Waals surface area (Å²) in [5, 5.41) is 26.2. The van der Waals surface area contributed by atoms with Gasteiger partial charge in [-0.3, -0.25) is 20.2 Å². The van der Waals surface area contributed by atoms with Gasteiger partial charge in [0.25, 0.3) is 17.2 Å². The van der Waals surface area contributed by atoms with Gasteiger partial charge < -0.3 is 9.47 Å². The Balaban J connectivity index is 1.60. The van der Waals surface area contributed by atoms with E-state index in [0.717, 1.165) is 39.2 Å². The van der Waals surface area contributed by atoms with Crippen LogP contribution in [0.1, 0.15) is 12.0 Å². The molecule has 5 aromatic rings. The Morgan fingerprint density at radius 3 is 1.93 bits per heavy atom. The van der Waals surface area contributed by atoms with Gasteiger partial charge in [0, 0.05) is 30.7 Å². The number of hydrogen-bond acceptors (Lipinski definition) is 8. The smallest absolute Gasteiger partial charge is 0.287 e. The lowest BCUT2D eigenvalue weighted by Gasteiger charge is -2.37. The van der Waals surface area contributed by atoms with Crippen LogP contribution >= 0.6 is 0 Å². The van der Waals surface area contributed by atoms with Crippen molar-refractivity contribution in [2.24, 2.45) is 0 Å². The van der Waals surface area contributed by atoms with E-state index in [2.05, 4.69) is 9.97 Å². The molecule has 10 heteroatoms. The van der Waals surface area contributed by atoms with Crippen LogP contribution in [-0.2, 0) is 0 Å². The minimum atomic E-state index is -1.54. The van der Waals surface area contributed by atoms with Crippen molar-refractivity contribution in [2.45, 2.75) is 12.2 Å². The van der Waals surface area contributed by atoms with Crippen LogP contribution in [0.15, 0.2) is 103 Å². The molecule has 0 bridgehead atoms. The monoisotopic (exact) mass is 532 g/mol. The molecule has 6 rings (SSSR count). The minimum absolute atomic E-state index is 0.0954. The Morgan fingerprint density at radius 2 is 1.30 bits per heavy atom. The summed E-state index contributed by atoms with van der Waals surface area (Å²) in [4.78, 5) is 29.7. The first kappa shape index (κ1) is 24.7. The zero-order valence-electron chi connectivity index (χ0n) is 20.8. The first-order valence-corrected chi connectivity index (χ1v) is 12.3. The van der Waals surface area contributed by atoms with E-state index in [4.69, 9.17) is 9.47 Å². The molecule has 0 saturated heterocycles. The van der Waals surface area contributed by atoms with Crippen molar-refractivity contribution in [3.05, 3.63) is 140 Å². The van der Waals surface area contributed by atoms with Crippen LogP contribution in [0.4, 0.5) is 11.4 Å². The molecule has 0 fully saturated rings. The molecule has 0 N–H and O–H groups in total. The molecule has 40 heavy (non-hydrogen) atoms. The van der Waals surface area contributed by atoms with Crippen molar-refractivity contribution >= 4 is 33.8 Å². The number of rotatable bonds is 7. The number of ether oxygens (including phenoxy) is 2. The summed E-state index contributed by atoms with van der Waals surface area (Å²) in [7, 11) is 0. The highest BCUT2D eigenvalue weighted by atomic mass is 16.7. The number of nitro groups is 2. The van der Waals surface area contributed by atoms with Crippen LogP contribution in [0.5, 0.6) is 11.8 Å². The Bertz CT molecular complexity index is 1820. The van der Waals surface area contributed by atoms with E-state index < -0.39 is 15.6 Å². The Kier molecular flexibility index (Phi) is 6.12. The molecule has 0 unspecified atom stereocenters. The summed E-state index contributed by atoms with van der Waals surface area (Å²) in [6.07, 6.45) is 4.43. The highest BCUT2D eigenvalue weighted by molar-refractivity contribution is 5.95. The zero-order chi connectivity index (χ0) is 27.7. The van der Waals surface area contributed by atoms with Crippen LogP contribution in [0.25, 0.3) is 22.4 Å². The highest BCUT2D eigenvalue weighted by Gasteiger charge is 2.43. The van der Waals surface area contributed by atoms with Crippen molar-refractivity contribution < 1.29 is 19.3 Å². The van der Waals surface area contributed by atoms with Gasteiger partial charge in [-0.2, -0.15) is 0 Å². The molecule has 0 saturated carbocycles. The van der Waals surface area contributed by atoms with Gasteiger partial charge in [0.1, 0.15) is 12.4 Å². The van der Waals surface area contributed by atoms with E-state index in [1.54, 1.807) is 0 Å². The predicted molar refractivity (Wildman–Crippen MR) is 147 cm³/mol. The second kappa shape index (κ2) is 9.91. The Hall–Kier alpha value is -5.64. The fraction of sp³-hybridized carbons (Fsp3) is 0.0667. The van der Waals surface area contributed by atoms with Crippen LogP contribution in [-0.4, -0.2) is 25.6 Å². The van der Waals surface area contributed by atoms with Gasteiger partial charge in [-0.15, -0.1) is 0 Å². The first-order valence-electron chi connectivity index (χ1n) is 12.3. The number of pyridine rings is 2. The lowest BCUT2D eigenvalue weighted by Crippen LogP contribution is -2.51. The van der Waals surface area contributed by atoms with Crippen molar-refractivity contribution in [1.29, 1.82) is 0 Å². The molecule has 10 nitrogen and oxygen atoms in total. The van der Waals surface area contributed by atoms with E-state index in [1.165, 1.54) is 24.3 Å². The van der Waals surface area contributed by atoms with Crippen molar-refractivity contribution in [3.63, 3.8) is 0 Å². The molecule has 0 amide bonds. The quantitative estimate of drug-likeness (QED) is 0.168. The third-order valence-electron chi connectivity index (χ3n) is 6.66. The lowest BCUT2D eigenvalue weighted by molar-refractivity contribution is -0.385. The van der Waals surface area contributed by atoms with Crippen LogP contribution in [0.3, 0.4) is 0 Å². The van der Waals surface area contributed by atoms with Crippen molar-refractivity contribution in [2.75, 3.05) is 0 Å². The normalized spacial score (nSPS) is 13.7. The number of nitrogens with zero attached hydrogens (tertiary/aromatic N) is 4. The number of fused-ring (bicyclic) bond motifs is 2. The molecule has 0 radical (unpaired) electrons. The number of aromatic nitrogens is 2. The average Bonchev–Trinajstić information content (AvgIpc) is 2.97. The van der Waals surface area contributed by atoms with Gasteiger partial charge >= 0.3 is 0 Å². The molecule has 1 aliphatic rings. The van der Waals surface area contributed by atoms with E-state index in [0.29, 0.717) is 5.57 Å². The molecule has 1 aliphatic carbocycles. The van der Waals surface area contributed by atoms with E-state index in [-0.39, 0.29) is 29.6 Å². The molecule has 0 spiro atoms. The fourth-order valence-electron chi connectivity index (χ4n) is 4.87. The minimum Gasteiger partial charge on any atom is -0.430 e. The molecule has 2 heterocycles. The van der Waals surface area contributed by atoms with E-state index in [9.17, 15) is 20.2 Å². The second-order valence-electron chi connectivity index (χ2n) is 9.08. The summed E-state index contributed by atoms with van der Waals surface area (Å²) in [5.41, 5.74) is 1.18. The maximum atomic E-state index is 11.2. The summed E-state index contributed by atoms with van der Waals surface area (Å²) in [6.45, 7) is 0. The van der Waals surface area contributed by atoms with Crippen LogP contribution in [0.2, 0.25) is 0 Å². The van der Waals surface area contributed by atoms with Gasteiger partial charge in [0.2, 0.25) is 11.8 Å². The zero-order valence-corrected chi connectivity index (χ0v) is 20.8. The largest absolute Gasteiger partial charge is 0.430 e. The van der Waals surface area contributed by atoms with Gasteiger partial charge in [-0.05, 0) is 26.8 Å². The highest BCUT2D eigenvalue weighted by Crippen LogP contribution is 2.39. The molecule has 0 atom stereocenters. The first-order chi connectivity index (χ1) is 19.4.